The van der Waals surface area contributed by atoms with Gasteiger partial charge >= 0.3 is 18.1 Å². The zero-order chi connectivity index (χ0) is 32.6. The predicted octanol–water partition coefficient (Wildman–Crippen LogP) is 5.84. The second-order valence-corrected chi connectivity index (χ2v) is 9.78. The van der Waals surface area contributed by atoms with Gasteiger partial charge in [0, 0.05) is 17.8 Å². The van der Waals surface area contributed by atoms with E-state index in [1.807, 2.05) is 0 Å². The van der Waals surface area contributed by atoms with Crippen molar-refractivity contribution in [3.8, 4) is 11.5 Å². The fourth-order valence-corrected chi connectivity index (χ4v) is 4.34. The molecule has 232 valence electrons. The molecule has 0 saturated heterocycles. The molecule has 4 aromatic rings. The van der Waals surface area contributed by atoms with Crippen molar-refractivity contribution in [3.63, 3.8) is 0 Å². The van der Waals surface area contributed by atoms with E-state index in [0.717, 1.165) is 11.0 Å². The molecule has 0 saturated carbocycles. The monoisotopic (exact) mass is 620 g/mol. The molecular weight excluding hydrogens is 593 g/mol. The zero-order valence-electron chi connectivity index (χ0n) is 23.8. The van der Waals surface area contributed by atoms with Gasteiger partial charge in [-0.25, -0.2) is 4.79 Å². The van der Waals surface area contributed by atoms with Crippen LogP contribution in [0.5, 0.6) is 11.5 Å². The van der Waals surface area contributed by atoms with Gasteiger partial charge in [-0.1, -0.05) is 36.4 Å². The number of halogens is 3. The minimum Gasteiger partial charge on any atom is -0.497 e. The third-order valence-electron chi connectivity index (χ3n) is 6.52. The van der Waals surface area contributed by atoms with E-state index in [1.165, 1.54) is 55.6 Å². The van der Waals surface area contributed by atoms with Crippen molar-refractivity contribution < 1.29 is 46.9 Å². The van der Waals surface area contributed by atoms with Gasteiger partial charge in [0.15, 0.2) is 0 Å². The first kappa shape index (κ1) is 32.3. The number of benzene rings is 4. The lowest BCUT2D eigenvalue weighted by molar-refractivity contribution is -0.139. The number of carboxylic acid groups (broad SMARTS) is 1. The summed E-state index contributed by atoms with van der Waals surface area (Å²) in [6, 6.07) is 23.5. The molecule has 0 spiro atoms. The van der Waals surface area contributed by atoms with Crippen LogP contribution in [-0.4, -0.2) is 47.4 Å². The third kappa shape index (κ3) is 8.92. The van der Waals surface area contributed by atoms with Crippen molar-refractivity contribution >= 4 is 29.4 Å². The fourth-order valence-electron chi connectivity index (χ4n) is 4.34. The number of nitrogens with one attached hydrogen (secondary N) is 1. The number of nitrogens with zero attached hydrogens (tertiary/aromatic N) is 1. The molecule has 12 heteroatoms. The van der Waals surface area contributed by atoms with Crippen LogP contribution in [0.3, 0.4) is 0 Å². The molecule has 0 aliphatic rings. The molecular formula is C33H27F3N2O7. The van der Waals surface area contributed by atoms with E-state index in [-0.39, 0.29) is 34.9 Å². The van der Waals surface area contributed by atoms with Crippen molar-refractivity contribution in [1.82, 2.24) is 4.90 Å². The Balaban J connectivity index is 1.40. The van der Waals surface area contributed by atoms with E-state index in [9.17, 15) is 37.5 Å². The van der Waals surface area contributed by atoms with E-state index >= 15 is 0 Å². The minimum absolute atomic E-state index is 0.00466. The third-order valence-corrected chi connectivity index (χ3v) is 6.52. The number of esters is 1. The summed E-state index contributed by atoms with van der Waals surface area (Å²) in [6.07, 6.45) is -5.25. The number of anilines is 1. The van der Waals surface area contributed by atoms with E-state index in [0.29, 0.717) is 11.1 Å². The lowest BCUT2D eigenvalue weighted by Gasteiger charge is -2.21. The number of alkyl halides is 3. The van der Waals surface area contributed by atoms with Crippen molar-refractivity contribution in [3.05, 3.63) is 125 Å². The molecule has 4 aromatic carbocycles. The van der Waals surface area contributed by atoms with Crippen LogP contribution < -0.4 is 14.8 Å². The van der Waals surface area contributed by atoms with Crippen molar-refractivity contribution in [2.24, 2.45) is 0 Å². The first-order valence-corrected chi connectivity index (χ1v) is 13.4. The van der Waals surface area contributed by atoms with Crippen LogP contribution in [-0.2, 0) is 28.7 Å². The number of amides is 2. The van der Waals surface area contributed by atoms with Gasteiger partial charge in [0.2, 0.25) is 5.91 Å². The maximum absolute atomic E-state index is 13.5. The molecule has 0 atom stereocenters. The topological polar surface area (TPSA) is 122 Å². The van der Waals surface area contributed by atoms with E-state index in [1.54, 1.807) is 42.5 Å². The highest BCUT2D eigenvalue weighted by Gasteiger charge is 2.34. The summed E-state index contributed by atoms with van der Waals surface area (Å²) in [6.45, 7) is -0.675. The molecule has 0 aliphatic heterocycles. The van der Waals surface area contributed by atoms with Crippen molar-refractivity contribution in [2.45, 2.75) is 19.1 Å². The van der Waals surface area contributed by atoms with Gasteiger partial charge in [-0.15, -0.1) is 0 Å². The van der Waals surface area contributed by atoms with Crippen LogP contribution in [0, 0.1) is 0 Å². The van der Waals surface area contributed by atoms with Crippen molar-refractivity contribution in [2.75, 3.05) is 19.0 Å². The second kappa shape index (κ2) is 14.2. The number of carbonyl (C=O) groups excluding carboxylic acids is 3. The van der Waals surface area contributed by atoms with Gasteiger partial charge in [-0.3, -0.25) is 14.4 Å². The van der Waals surface area contributed by atoms with Crippen LogP contribution in [0.25, 0.3) is 0 Å². The summed E-state index contributed by atoms with van der Waals surface area (Å²) < 4.78 is 50.7. The van der Waals surface area contributed by atoms with E-state index in [2.05, 4.69) is 5.32 Å². The molecule has 0 radical (unpaired) electrons. The van der Waals surface area contributed by atoms with Crippen LogP contribution in [0.15, 0.2) is 97.1 Å². The van der Waals surface area contributed by atoms with Crippen LogP contribution in [0.4, 0.5) is 18.9 Å². The number of aliphatic carboxylic acids is 1. The van der Waals surface area contributed by atoms with Crippen LogP contribution >= 0.6 is 0 Å². The standard InChI is InChI=1S/C33H27F3N2O7/c1-44-27-16-11-24(28(18-27)33(34,35)36)17-29(39)37-25-12-9-22(10-13-25)31(42)38(20-30(40)41)19-21-7-14-26(15-8-21)45-32(43)23-5-3-2-4-6-23/h2-16,18H,17,19-20H2,1H3,(H,37,39)(H,40,41). The average molecular weight is 621 g/mol. The Labute approximate surface area is 255 Å². The predicted molar refractivity (Wildman–Crippen MR) is 157 cm³/mol. The molecule has 0 unspecified atom stereocenters. The molecule has 2 amide bonds. The average Bonchev–Trinajstić information content (AvgIpc) is 3.01. The highest BCUT2D eigenvalue weighted by molar-refractivity contribution is 5.97. The number of rotatable bonds is 11. The lowest BCUT2D eigenvalue weighted by atomic mass is 10.0. The van der Waals surface area contributed by atoms with Gasteiger partial charge in [0.05, 0.1) is 24.7 Å². The molecule has 2 N–H and O–H groups in total. The summed E-state index contributed by atoms with van der Waals surface area (Å²) in [4.78, 5) is 50.6. The van der Waals surface area contributed by atoms with E-state index < -0.39 is 48.5 Å². The number of carboxylic acids is 1. The number of ether oxygens (including phenoxy) is 2. The molecule has 0 aromatic heterocycles. The summed E-state index contributed by atoms with van der Waals surface area (Å²) in [5.74, 6) is -2.83. The first-order valence-electron chi connectivity index (χ1n) is 13.4. The van der Waals surface area contributed by atoms with Gasteiger partial charge in [-0.2, -0.15) is 13.2 Å². The summed E-state index contributed by atoms with van der Waals surface area (Å²) in [5, 5.41) is 11.9. The molecule has 45 heavy (non-hydrogen) atoms. The Bertz CT molecular complexity index is 1670. The fraction of sp³-hybridized carbons (Fsp3) is 0.152. The second-order valence-electron chi connectivity index (χ2n) is 9.78. The zero-order valence-corrected chi connectivity index (χ0v) is 23.8. The number of hydrogen-bond acceptors (Lipinski definition) is 6. The molecule has 9 nitrogen and oxygen atoms in total. The van der Waals surface area contributed by atoms with Crippen LogP contribution in [0.1, 0.15) is 37.4 Å². The van der Waals surface area contributed by atoms with Gasteiger partial charge in [-0.05, 0) is 71.8 Å². The summed E-state index contributed by atoms with van der Waals surface area (Å²) in [5.41, 5.74) is 0.0720. The quantitative estimate of drug-likeness (QED) is 0.160. The maximum Gasteiger partial charge on any atom is 0.416 e. The van der Waals surface area contributed by atoms with Gasteiger partial charge < -0.3 is 24.8 Å². The van der Waals surface area contributed by atoms with Gasteiger partial charge in [0.1, 0.15) is 18.0 Å². The minimum atomic E-state index is -4.69. The van der Waals surface area contributed by atoms with E-state index in [4.69, 9.17) is 9.47 Å². The first-order chi connectivity index (χ1) is 21.4. The SMILES string of the molecule is COc1ccc(CC(=O)Nc2ccc(C(=O)N(CC(=O)O)Cc3ccc(OC(=O)c4ccccc4)cc3)cc2)c(C(F)(F)F)c1. The Kier molecular flexibility index (Phi) is 10.2. The van der Waals surface area contributed by atoms with Crippen molar-refractivity contribution in [1.29, 1.82) is 0 Å². The molecule has 0 heterocycles. The summed E-state index contributed by atoms with van der Waals surface area (Å²) >= 11 is 0. The Morgan fingerprint density at radius 3 is 2.07 bits per heavy atom. The molecule has 4 rings (SSSR count). The van der Waals surface area contributed by atoms with Crippen LogP contribution in [0.2, 0.25) is 0 Å². The smallest absolute Gasteiger partial charge is 0.416 e. The number of carbonyl (C=O) groups is 4. The molecule has 0 bridgehead atoms. The summed E-state index contributed by atoms with van der Waals surface area (Å²) in [7, 11) is 1.24. The highest BCUT2D eigenvalue weighted by atomic mass is 19.4. The van der Waals surface area contributed by atoms with Gasteiger partial charge in [0.25, 0.3) is 5.91 Å². The Morgan fingerprint density at radius 1 is 0.822 bits per heavy atom. The molecule has 0 fully saturated rings. The normalized spacial score (nSPS) is 10.9. The Morgan fingerprint density at radius 2 is 1.47 bits per heavy atom. The molecule has 0 aliphatic carbocycles. The number of hydrogen-bond donors (Lipinski definition) is 2. The maximum atomic E-state index is 13.5. The highest BCUT2D eigenvalue weighted by Crippen LogP contribution is 2.34. The number of methoxy groups -OCH3 is 1. The Hall–Kier alpha value is -5.65. The largest absolute Gasteiger partial charge is 0.497 e. The lowest BCUT2D eigenvalue weighted by Crippen LogP contribution is -2.35.